The van der Waals surface area contributed by atoms with Crippen LogP contribution >= 0.6 is 43.5 Å². The molecule has 0 fully saturated rings. The molecule has 0 aliphatic heterocycles. The Morgan fingerprint density at radius 1 is 0.846 bits per heavy atom. The number of fused-ring (bicyclic) bond motifs is 2. The summed E-state index contributed by atoms with van der Waals surface area (Å²) in [6.07, 6.45) is 3.26. The number of hydrogen-bond acceptors (Lipinski definition) is 5. The summed E-state index contributed by atoms with van der Waals surface area (Å²) in [7, 11) is 0. The second kappa shape index (κ2) is 7.56. The van der Waals surface area contributed by atoms with Gasteiger partial charge in [0.1, 0.15) is 16.4 Å². The highest BCUT2D eigenvalue weighted by Crippen LogP contribution is 2.11. The van der Waals surface area contributed by atoms with Gasteiger partial charge in [0.15, 0.2) is 0 Å². The highest BCUT2D eigenvalue weighted by molar-refractivity contribution is 9.10. The summed E-state index contributed by atoms with van der Waals surface area (Å²) >= 11 is 12.1. The van der Waals surface area contributed by atoms with Gasteiger partial charge in [0.05, 0.1) is 6.07 Å². The first kappa shape index (κ1) is 18.6. The van der Waals surface area contributed by atoms with Crippen LogP contribution in [0.3, 0.4) is 0 Å². The summed E-state index contributed by atoms with van der Waals surface area (Å²) in [5, 5.41) is 9.26. The molecule has 4 rings (SSSR count). The van der Waals surface area contributed by atoms with Gasteiger partial charge in [-0.25, -0.2) is 4.98 Å². The van der Waals surface area contributed by atoms with E-state index in [9.17, 15) is 9.59 Å². The van der Waals surface area contributed by atoms with E-state index >= 15 is 0 Å². The van der Waals surface area contributed by atoms with Crippen LogP contribution in [0.2, 0.25) is 5.15 Å². The van der Waals surface area contributed by atoms with E-state index in [1.54, 1.807) is 36.7 Å². The highest BCUT2D eigenvalue weighted by Gasteiger charge is 2.01. The van der Waals surface area contributed by atoms with Gasteiger partial charge in [-0.15, -0.1) is 0 Å². The van der Waals surface area contributed by atoms with Crippen molar-refractivity contribution >= 4 is 54.8 Å². The molecule has 0 radical (unpaired) electrons. The number of nitrogens with zero attached hydrogens (tertiary/aromatic N) is 4. The fourth-order valence-corrected chi connectivity index (χ4v) is 2.97. The molecule has 4 heterocycles. The fourth-order valence-electron chi connectivity index (χ4n) is 2.11. The van der Waals surface area contributed by atoms with Crippen molar-refractivity contribution in [1.29, 1.82) is 0 Å². The molecule has 132 valence electrons. The van der Waals surface area contributed by atoms with E-state index in [1.165, 1.54) is 14.9 Å². The van der Waals surface area contributed by atoms with Crippen LogP contribution in [0.4, 0.5) is 0 Å². The van der Waals surface area contributed by atoms with Crippen molar-refractivity contribution in [1.82, 2.24) is 18.8 Å². The Hall–Kier alpha value is -2.23. The molecule has 0 aliphatic carbocycles. The number of hydrogen-bond donors (Lipinski definition) is 1. The van der Waals surface area contributed by atoms with Gasteiger partial charge in [-0.05, 0) is 56.1 Å². The van der Waals surface area contributed by atoms with Crippen LogP contribution in [0.1, 0.15) is 0 Å². The first-order chi connectivity index (χ1) is 12.3. The predicted molar refractivity (Wildman–Crippen MR) is 105 cm³/mol. The molecule has 4 aromatic rings. The lowest BCUT2D eigenvalue weighted by atomic mass is 10.4. The summed E-state index contributed by atoms with van der Waals surface area (Å²) in [4.78, 5) is 30.4. The summed E-state index contributed by atoms with van der Waals surface area (Å²) in [6.45, 7) is 0. The van der Waals surface area contributed by atoms with Crippen molar-refractivity contribution in [2.24, 2.45) is 0 Å². The summed E-state index contributed by atoms with van der Waals surface area (Å²) < 4.78 is 4.39. The van der Waals surface area contributed by atoms with Crippen LogP contribution < -0.4 is 11.1 Å². The van der Waals surface area contributed by atoms with Crippen molar-refractivity contribution in [3.63, 3.8) is 0 Å². The fraction of sp³-hybridized carbons (Fsp3) is 0. The first-order valence-corrected chi connectivity index (χ1v) is 9.02. The molecule has 0 saturated carbocycles. The zero-order chi connectivity index (χ0) is 18.8. The molecule has 0 aromatic carbocycles. The van der Waals surface area contributed by atoms with Crippen molar-refractivity contribution in [2.45, 2.75) is 0 Å². The second-order valence-corrected chi connectivity index (χ2v) is 7.24. The second-order valence-electron chi connectivity index (χ2n) is 5.02. The van der Waals surface area contributed by atoms with Crippen molar-refractivity contribution in [2.75, 3.05) is 0 Å². The third kappa shape index (κ3) is 4.12. The van der Waals surface area contributed by atoms with E-state index in [1.807, 2.05) is 0 Å². The number of pyridine rings is 2. The predicted octanol–water partition coefficient (Wildman–Crippen LogP) is 3.27. The molecule has 26 heavy (non-hydrogen) atoms. The SMILES string of the molecule is O=c1cc(Cl)nc2ccc(Br)cn12.O=c1cc(O)nc2ccc(Br)cn12. The smallest absolute Gasteiger partial charge is 0.261 e. The Labute approximate surface area is 167 Å². The largest absolute Gasteiger partial charge is 0.493 e. The van der Waals surface area contributed by atoms with Gasteiger partial charge in [0, 0.05) is 27.4 Å². The van der Waals surface area contributed by atoms with E-state index in [-0.39, 0.29) is 22.2 Å². The third-order valence-electron chi connectivity index (χ3n) is 3.20. The number of aromatic hydroxyl groups is 1. The van der Waals surface area contributed by atoms with Gasteiger partial charge in [0.2, 0.25) is 5.88 Å². The van der Waals surface area contributed by atoms with Crippen LogP contribution in [-0.2, 0) is 0 Å². The van der Waals surface area contributed by atoms with Crippen molar-refractivity contribution < 1.29 is 5.11 Å². The summed E-state index contributed by atoms with van der Waals surface area (Å²) in [5.41, 5.74) is 0.481. The van der Waals surface area contributed by atoms with Gasteiger partial charge in [0.25, 0.3) is 11.1 Å². The van der Waals surface area contributed by atoms with Crippen molar-refractivity contribution in [3.8, 4) is 5.88 Å². The average molecular weight is 501 g/mol. The molecule has 0 atom stereocenters. The Morgan fingerprint density at radius 2 is 1.35 bits per heavy atom. The molecule has 0 saturated heterocycles. The number of halogens is 3. The molecular weight excluding hydrogens is 491 g/mol. The maximum Gasteiger partial charge on any atom is 0.261 e. The molecule has 10 heteroatoms. The zero-order valence-electron chi connectivity index (χ0n) is 12.8. The van der Waals surface area contributed by atoms with Crippen LogP contribution in [0.5, 0.6) is 5.88 Å². The molecule has 4 aromatic heterocycles. The molecule has 0 amide bonds. The lowest BCUT2D eigenvalue weighted by Crippen LogP contribution is -2.13. The topological polar surface area (TPSA) is 89.0 Å². The van der Waals surface area contributed by atoms with E-state index in [0.717, 1.165) is 15.0 Å². The van der Waals surface area contributed by atoms with E-state index in [4.69, 9.17) is 16.7 Å². The van der Waals surface area contributed by atoms with Crippen LogP contribution in [0.25, 0.3) is 11.3 Å². The maximum atomic E-state index is 11.4. The van der Waals surface area contributed by atoms with Gasteiger partial charge >= 0.3 is 0 Å². The highest BCUT2D eigenvalue weighted by atomic mass is 79.9. The Balaban J connectivity index is 0.000000151. The standard InChI is InChI=1S/C8H4BrClN2O.C8H5BrN2O2/c9-5-1-2-7-11-6(10)3-8(13)12(7)4-5;9-5-1-2-6-10-7(12)3-8(13)11(6)4-5/h1-4H;1-4,12H. The molecule has 0 aliphatic rings. The summed E-state index contributed by atoms with van der Waals surface area (Å²) in [5.74, 6) is -0.257. The Kier molecular flexibility index (Phi) is 5.40. The molecule has 0 unspecified atom stereocenters. The van der Waals surface area contributed by atoms with Crippen LogP contribution in [0.15, 0.2) is 67.3 Å². The van der Waals surface area contributed by atoms with Crippen molar-refractivity contribution in [3.05, 3.63) is 83.6 Å². The van der Waals surface area contributed by atoms with E-state index in [2.05, 4.69) is 41.8 Å². The minimum atomic E-state index is -0.302. The third-order valence-corrected chi connectivity index (χ3v) is 4.33. The van der Waals surface area contributed by atoms with Crippen LogP contribution in [0, 0.1) is 0 Å². The van der Waals surface area contributed by atoms with Gasteiger partial charge in [-0.2, -0.15) is 4.98 Å². The lowest BCUT2D eigenvalue weighted by Gasteiger charge is -1.99. The molecule has 0 bridgehead atoms. The Morgan fingerprint density at radius 3 is 1.92 bits per heavy atom. The first-order valence-electron chi connectivity index (χ1n) is 7.06. The minimum Gasteiger partial charge on any atom is -0.493 e. The molecule has 0 spiro atoms. The minimum absolute atomic E-state index is 0.184. The number of rotatable bonds is 0. The number of aromatic nitrogens is 4. The quantitative estimate of drug-likeness (QED) is 0.375. The lowest BCUT2D eigenvalue weighted by molar-refractivity contribution is 0.453. The molecule has 1 N–H and O–H groups in total. The van der Waals surface area contributed by atoms with Gasteiger partial charge in [-0.3, -0.25) is 18.4 Å². The zero-order valence-corrected chi connectivity index (χ0v) is 16.7. The van der Waals surface area contributed by atoms with Crippen LogP contribution in [-0.4, -0.2) is 23.9 Å². The van der Waals surface area contributed by atoms with Gasteiger partial charge in [-0.1, -0.05) is 11.6 Å². The molecular formula is C16H9Br2ClN4O3. The normalized spacial score (nSPS) is 10.6. The summed E-state index contributed by atoms with van der Waals surface area (Å²) in [6, 6.07) is 9.27. The Bertz CT molecular complexity index is 1140. The maximum absolute atomic E-state index is 11.4. The van der Waals surface area contributed by atoms with E-state index in [0.29, 0.717) is 11.3 Å². The van der Waals surface area contributed by atoms with Gasteiger partial charge < -0.3 is 5.11 Å². The van der Waals surface area contributed by atoms with E-state index < -0.39 is 0 Å². The monoisotopic (exact) mass is 498 g/mol. The average Bonchev–Trinajstić information content (AvgIpc) is 2.57. The molecule has 7 nitrogen and oxygen atoms in total.